The molecule has 3 rings (SSSR count). The summed E-state index contributed by atoms with van der Waals surface area (Å²) in [6.45, 7) is 9.02. The first-order valence-electron chi connectivity index (χ1n) is 7.19. The van der Waals surface area contributed by atoms with Crippen LogP contribution in [0.25, 0.3) is 11.1 Å². The van der Waals surface area contributed by atoms with Gasteiger partial charge in [-0.05, 0) is 45.2 Å². The molecule has 1 aliphatic carbocycles. The SMILES string of the molecule is CC(C)c1ccc2c(c1)-c1cc(C(C)C)ccc1[CH]2. The van der Waals surface area contributed by atoms with Crippen LogP contribution in [0.15, 0.2) is 36.4 Å². The van der Waals surface area contributed by atoms with Crippen molar-refractivity contribution in [2.45, 2.75) is 39.5 Å². The Hall–Kier alpha value is -1.56. The zero-order valence-electron chi connectivity index (χ0n) is 12.2. The minimum absolute atomic E-state index is 0.586. The number of hydrogen-bond donors (Lipinski definition) is 0. The minimum atomic E-state index is 0.586. The van der Waals surface area contributed by atoms with Gasteiger partial charge in [-0.1, -0.05) is 64.1 Å². The lowest BCUT2D eigenvalue weighted by Crippen LogP contribution is -1.90. The van der Waals surface area contributed by atoms with E-state index in [1.165, 1.54) is 33.4 Å². The van der Waals surface area contributed by atoms with Crippen LogP contribution in [-0.2, 0) is 0 Å². The topological polar surface area (TPSA) is 0 Å². The molecule has 0 spiro atoms. The summed E-state index contributed by atoms with van der Waals surface area (Å²) in [7, 11) is 0. The van der Waals surface area contributed by atoms with E-state index in [1.807, 2.05) is 0 Å². The van der Waals surface area contributed by atoms with Crippen LogP contribution < -0.4 is 0 Å². The number of hydrogen-bond acceptors (Lipinski definition) is 0. The van der Waals surface area contributed by atoms with Crippen molar-refractivity contribution >= 4 is 0 Å². The average molecular weight is 249 g/mol. The molecule has 0 aromatic heterocycles. The highest BCUT2D eigenvalue weighted by Crippen LogP contribution is 2.40. The van der Waals surface area contributed by atoms with Gasteiger partial charge in [-0.25, -0.2) is 0 Å². The van der Waals surface area contributed by atoms with E-state index in [0.717, 1.165) is 0 Å². The van der Waals surface area contributed by atoms with Gasteiger partial charge in [-0.15, -0.1) is 0 Å². The Labute approximate surface area is 116 Å². The summed E-state index contributed by atoms with van der Waals surface area (Å²) in [6.07, 6.45) is 2.30. The van der Waals surface area contributed by atoms with Gasteiger partial charge in [0, 0.05) is 6.42 Å². The first kappa shape index (κ1) is 12.5. The second-order valence-electron chi connectivity index (χ2n) is 6.15. The van der Waals surface area contributed by atoms with E-state index in [0.29, 0.717) is 11.8 Å². The Kier molecular flexibility index (Phi) is 2.97. The van der Waals surface area contributed by atoms with Crippen molar-refractivity contribution in [2.24, 2.45) is 0 Å². The normalized spacial score (nSPS) is 12.9. The van der Waals surface area contributed by atoms with Crippen LogP contribution in [-0.4, -0.2) is 0 Å². The number of rotatable bonds is 2. The van der Waals surface area contributed by atoms with Gasteiger partial charge in [-0.3, -0.25) is 0 Å². The molecule has 1 radical (unpaired) electrons. The van der Waals surface area contributed by atoms with Crippen molar-refractivity contribution in [3.63, 3.8) is 0 Å². The molecule has 0 amide bonds. The molecule has 0 nitrogen and oxygen atoms in total. The molecule has 0 heteroatoms. The molecule has 0 saturated heterocycles. The maximum absolute atomic E-state index is 2.37. The zero-order valence-corrected chi connectivity index (χ0v) is 12.2. The van der Waals surface area contributed by atoms with Gasteiger partial charge < -0.3 is 0 Å². The highest BCUT2D eigenvalue weighted by molar-refractivity contribution is 5.82. The second kappa shape index (κ2) is 4.52. The molecule has 0 aliphatic heterocycles. The Morgan fingerprint density at radius 3 is 1.42 bits per heavy atom. The van der Waals surface area contributed by atoms with Gasteiger partial charge in [0.1, 0.15) is 0 Å². The van der Waals surface area contributed by atoms with Gasteiger partial charge in [-0.2, -0.15) is 0 Å². The fraction of sp³-hybridized carbons (Fsp3) is 0.316. The molecule has 97 valence electrons. The van der Waals surface area contributed by atoms with E-state index in [2.05, 4.69) is 70.5 Å². The van der Waals surface area contributed by atoms with E-state index < -0.39 is 0 Å². The van der Waals surface area contributed by atoms with Crippen LogP contribution in [0.4, 0.5) is 0 Å². The molecule has 0 unspecified atom stereocenters. The Bertz CT molecular complexity index is 562. The molecule has 0 bridgehead atoms. The molecular formula is C19H21. The van der Waals surface area contributed by atoms with Crippen molar-refractivity contribution in [3.05, 3.63) is 65.1 Å². The number of fused-ring (bicyclic) bond motifs is 3. The van der Waals surface area contributed by atoms with E-state index >= 15 is 0 Å². The molecule has 0 heterocycles. The van der Waals surface area contributed by atoms with Crippen LogP contribution >= 0.6 is 0 Å². The van der Waals surface area contributed by atoms with Crippen molar-refractivity contribution in [1.29, 1.82) is 0 Å². The average Bonchev–Trinajstić information content (AvgIpc) is 2.75. The fourth-order valence-electron chi connectivity index (χ4n) is 2.75. The largest absolute Gasteiger partial charge is 0.0587 e. The standard InChI is InChI=1S/C19H21/c1-12(2)14-5-7-16-9-17-8-6-15(13(3)4)11-19(17)18(16)10-14/h5-13H,1-4H3. The summed E-state index contributed by atoms with van der Waals surface area (Å²) in [5, 5.41) is 0. The Morgan fingerprint density at radius 2 is 1.05 bits per heavy atom. The van der Waals surface area contributed by atoms with Crippen LogP contribution in [0.5, 0.6) is 0 Å². The Balaban J connectivity index is 2.14. The van der Waals surface area contributed by atoms with Gasteiger partial charge in [0.15, 0.2) is 0 Å². The Morgan fingerprint density at radius 1 is 0.632 bits per heavy atom. The molecule has 19 heavy (non-hydrogen) atoms. The summed E-state index contributed by atoms with van der Waals surface area (Å²) in [5.74, 6) is 1.17. The maximum atomic E-state index is 2.37. The molecule has 0 atom stereocenters. The highest BCUT2D eigenvalue weighted by Gasteiger charge is 2.20. The molecule has 0 saturated carbocycles. The molecule has 2 aromatic rings. The summed E-state index contributed by atoms with van der Waals surface area (Å²) in [6, 6.07) is 13.8. The van der Waals surface area contributed by atoms with Crippen LogP contribution in [0.3, 0.4) is 0 Å². The summed E-state index contributed by atoms with van der Waals surface area (Å²) in [5.41, 5.74) is 8.39. The minimum Gasteiger partial charge on any atom is -0.0587 e. The van der Waals surface area contributed by atoms with Gasteiger partial charge in [0.05, 0.1) is 0 Å². The zero-order chi connectivity index (χ0) is 13.6. The van der Waals surface area contributed by atoms with E-state index in [-0.39, 0.29) is 0 Å². The highest BCUT2D eigenvalue weighted by atomic mass is 14.2. The third kappa shape index (κ3) is 2.10. The van der Waals surface area contributed by atoms with Crippen molar-refractivity contribution in [1.82, 2.24) is 0 Å². The lowest BCUT2D eigenvalue weighted by atomic mass is 9.94. The summed E-state index contributed by atoms with van der Waals surface area (Å²) < 4.78 is 0. The molecule has 2 aromatic carbocycles. The van der Waals surface area contributed by atoms with Crippen molar-refractivity contribution in [3.8, 4) is 11.1 Å². The van der Waals surface area contributed by atoms with Gasteiger partial charge in [0.25, 0.3) is 0 Å². The third-order valence-corrected chi connectivity index (χ3v) is 4.09. The molecule has 1 aliphatic rings. The molecule has 0 N–H and O–H groups in total. The molecule has 0 fully saturated rings. The first-order chi connectivity index (χ1) is 9.06. The second-order valence-corrected chi connectivity index (χ2v) is 6.15. The van der Waals surface area contributed by atoms with Crippen LogP contribution in [0.1, 0.15) is 61.8 Å². The lowest BCUT2D eigenvalue weighted by molar-refractivity contribution is 0.865. The van der Waals surface area contributed by atoms with E-state index in [9.17, 15) is 0 Å². The van der Waals surface area contributed by atoms with E-state index in [4.69, 9.17) is 0 Å². The van der Waals surface area contributed by atoms with Crippen molar-refractivity contribution in [2.75, 3.05) is 0 Å². The quantitative estimate of drug-likeness (QED) is 0.561. The summed E-state index contributed by atoms with van der Waals surface area (Å²) >= 11 is 0. The predicted octanol–water partition coefficient (Wildman–Crippen LogP) is 5.51. The van der Waals surface area contributed by atoms with Crippen LogP contribution in [0.2, 0.25) is 0 Å². The van der Waals surface area contributed by atoms with Crippen LogP contribution in [0, 0.1) is 6.42 Å². The number of benzene rings is 2. The van der Waals surface area contributed by atoms with Gasteiger partial charge in [0.2, 0.25) is 0 Å². The fourth-order valence-corrected chi connectivity index (χ4v) is 2.75. The predicted molar refractivity (Wildman–Crippen MR) is 82.6 cm³/mol. The third-order valence-electron chi connectivity index (χ3n) is 4.09. The van der Waals surface area contributed by atoms with E-state index in [1.54, 1.807) is 0 Å². The maximum Gasteiger partial charge on any atom is 0.0211 e. The smallest absolute Gasteiger partial charge is 0.0211 e. The monoisotopic (exact) mass is 249 g/mol. The molecular weight excluding hydrogens is 228 g/mol. The summed E-state index contributed by atoms with van der Waals surface area (Å²) in [4.78, 5) is 0. The first-order valence-corrected chi connectivity index (χ1v) is 7.19. The lowest BCUT2D eigenvalue weighted by Gasteiger charge is -2.10. The van der Waals surface area contributed by atoms with Gasteiger partial charge >= 0.3 is 0 Å². The van der Waals surface area contributed by atoms with Crippen molar-refractivity contribution < 1.29 is 0 Å².